The molecule has 0 radical (unpaired) electrons. The van der Waals surface area contributed by atoms with Crippen molar-refractivity contribution in [2.24, 2.45) is 16.7 Å². The van der Waals surface area contributed by atoms with Gasteiger partial charge in [-0.3, -0.25) is 9.59 Å². The van der Waals surface area contributed by atoms with Crippen molar-refractivity contribution < 1.29 is 19.8 Å². The molecule has 0 bridgehead atoms. The Hall–Kier alpha value is 0.200. The van der Waals surface area contributed by atoms with Crippen molar-refractivity contribution in [1.29, 1.82) is 0 Å². The Balaban J connectivity index is 0.00000256. The van der Waals surface area contributed by atoms with Gasteiger partial charge in [-0.15, -0.1) is 0 Å². The average molecular weight is 270 g/mol. The third-order valence-corrected chi connectivity index (χ3v) is 3.88. The fourth-order valence-corrected chi connectivity index (χ4v) is 2.50. The van der Waals surface area contributed by atoms with E-state index >= 15 is 0 Å². The van der Waals surface area contributed by atoms with Crippen LogP contribution in [0.3, 0.4) is 0 Å². The SMILES string of the molecule is CC(C)(C)C1CCC(C(=O)O)(C(=O)O)CC1.[CaH2]. The van der Waals surface area contributed by atoms with Gasteiger partial charge in [0.05, 0.1) is 0 Å². The summed E-state index contributed by atoms with van der Waals surface area (Å²) in [5, 5.41) is 18.1. The van der Waals surface area contributed by atoms with Gasteiger partial charge in [0.25, 0.3) is 0 Å². The van der Waals surface area contributed by atoms with Crippen LogP contribution in [0.25, 0.3) is 0 Å². The fraction of sp³-hybridized carbons (Fsp3) is 0.833. The summed E-state index contributed by atoms with van der Waals surface area (Å²) >= 11 is 0. The zero-order chi connectivity index (χ0) is 12.6. The number of hydrogen-bond donors (Lipinski definition) is 2. The molecule has 0 aliphatic heterocycles. The molecule has 1 fully saturated rings. The summed E-state index contributed by atoms with van der Waals surface area (Å²) in [6.45, 7) is 6.35. The molecule has 2 N–H and O–H groups in total. The second kappa shape index (κ2) is 5.89. The fourth-order valence-electron chi connectivity index (χ4n) is 2.50. The molecule has 0 aromatic rings. The zero-order valence-electron chi connectivity index (χ0n) is 10.1. The minimum absolute atomic E-state index is 0. The minimum atomic E-state index is -1.54. The van der Waals surface area contributed by atoms with Crippen molar-refractivity contribution in [2.45, 2.75) is 46.5 Å². The molecule has 4 nitrogen and oxygen atoms in total. The van der Waals surface area contributed by atoms with E-state index in [0.717, 1.165) is 0 Å². The van der Waals surface area contributed by atoms with Gasteiger partial charge in [-0.2, -0.15) is 0 Å². The van der Waals surface area contributed by atoms with E-state index in [1.54, 1.807) is 0 Å². The van der Waals surface area contributed by atoms with Gasteiger partial charge < -0.3 is 10.2 Å². The van der Waals surface area contributed by atoms with Crippen LogP contribution in [-0.2, 0) is 9.59 Å². The molecule has 96 valence electrons. The molecule has 1 aliphatic carbocycles. The van der Waals surface area contributed by atoms with E-state index in [2.05, 4.69) is 20.8 Å². The second-order valence-electron chi connectivity index (χ2n) is 5.83. The first-order chi connectivity index (χ1) is 7.20. The van der Waals surface area contributed by atoms with Crippen LogP contribution < -0.4 is 0 Å². The number of rotatable bonds is 2. The quantitative estimate of drug-likeness (QED) is 0.588. The van der Waals surface area contributed by atoms with E-state index in [1.165, 1.54) is 0 Å². The number of aliphatic carboxylic acids is 2. The second-order valence-corrected chi connectivity index (χ2v) is 5.83. The van der Waals surface area contributed by atoms with Crippen LogP contribution in [0.1, 0.15) is 46.5 Å². The first-order valence-electron chi connectivity index (χ1n) is 5.67. The molecular weight excluding hydrogens is 248 g/mol. The molecule has 0 heterocycles. The summed E-state index contributed by atoms with van der Waals surface area (Å²) in [7, 11) is 0. The molecule has 0 aromatic carbocycles. The summed E-state index contributed by atoms with van der Waals surface area (Å²) in [5.41, 5.74) is -1.41. The first kappa shape index (κ1) is 17.2. The number of hydrogen-bond acceptors (Lipinski definition) is 2. The average Bonchev–Trinajstić information content (AvgIpc) is 2.15. The van der Waals surface area contributed by atoms with Gasteiger partial charge in [0.2, 0.25) is 0 Å². The van der Waals surface area contributed by atoms with Crippen LogP contribution in [-0.4, -0.2) is 59.9 Å². The summed E-state index contributed by atoms with van der Waals surface area (Å²) in [6.07, 6.45) is 1.86. The first-order valence-corrected chi connectivity index (χ1v) is 5.67. The van der Waals surface area contributed by atoms with Crippen molar-refractivity contribution in [3.63, 3.8) is 0 Å². The Labute approximate surface area is 132 Å². The Bertz CT molecular complexity index is 282. The molecule has 0 aromatic heterocycles. The van der Waals surface area contributed by atoms with Crippen molar-refractivity contribution >= 4 is 49.7 Å². The van der Waals surface area contributed by atoms with Crippen LogP contribution in [0.4, 0.5) is 0 Å². The van der Waals surface area contributed by atoms with Gasteiger partial charge in [0.1, 0.15) is 0 Å². The third-order valence-electron chi connectivity index (χ3n) is 3.88. The van der Waals surface area contributed by atoms with Gasteiger partial charge >= 0.3 is 49.7 Å². The van der Waals surface area contributed by atoms with E-state index in [-0.39, 0.29) is 56.0 Å². The Kier molecular flexibility index (Phi) is 5.96. The van der Waals surface area contributed by atoms with Gasteiger partial charge in [-0.25, -0.2) is 0 Å². The van der Waals surface area contributed by atoms with Crippen molar-refractivity contribution in [1.82, 2.24) is 0 Å². The predicted octanol–water partition coefficient (Wildman–Crippen LogP) is 1.46. The number of carbonyl (C=O) groups is 2. The molecule has 0 atom stereocenters. The zero-order valence-corrected chi connectivity index (χ0v) is 10.1. The number of carboxylic acids is 2. The maximum atomic E-state index is 11.1. The summed E-state index contributed by atoms with van der Waals surface area (Å²) in [6, 6.07) is 0. The Morgan fingerprint density at radius 1 is 1.06 bits per heavy atom. The van der Waals surface area contributed by atoms with E-state index < -0.39 is 17.4 Å². The van der Waals surface area contributed by atoms with E-state index in [9.17, 15) is 9.59 Å². The topological polar surface area (TPSA) is 74.6 Å². The summed E-state index contributed by atoms with van der Waals surface area (Å²) < 4.78 is 0. The van der Waals surface area contributed by atoms with Crippen LogP contribution in [0, 0.1) is 16.7 Å². The molecule has 1 saturated carbocycles. The molecule has 0 amide bonds. The summed E-state index contributed by atoms with van der Waals surface area (Å²) in [4.78, 5) is 22.2. The van der Waals surface area contributed by atoms with Crippen LogP contribution in [0.15, 0.2) is 0 Å². The molecule has 1 aliphatic rings. The normalized spacial score (nSPS) is 20.4. The van der Waals surface area contributed by atoms with Gasteiger partial charge in [0.15, 0.2) is 5.41 Å². The monoisotopic (exact) mass is 270 g/mol. The molecule has 0 spiro atoms. The predicted molar refractivity (Wildman–Crippen MR) is 67.7 cm³/mol. The van der Waals surface area contributed by atoms with E-state index in [4.69, 9.17) is 10.2 Å². The number of carboxylic acid groups (broad SMARTS) is 2. The van der Waals surface area contributed by atoms with Crippen LogP contribution in [0.5, 0.6) is 0 Å². The standard InChI is InChI=1S/C12H20O4.Ca.2H/c1-11(2,3)8-4-6-12(7-5-8,9(13)14)10(15)16;;;/h8H,4-7H2,1-3H3,(H,13,14)(H,15,16);;;. The molecule has 0 unspecified atom stereocenters. The van der Waals surface area contributed by atoms with Gasteiger partial charge in [-0.1, -0.05) is 20.8 Å². The molecular formula is C12H22CaO4. The van der Waals surface area contributed by atoms with Crippen LogP contribution in [0.2, 0.25) is 0 Å². The Morgan fingerprint density at radius 3 is 1.65 bits per heavy atom. The molecule has 5 heteroatoms. The van der Waals surface area contributed by atoms with E-state index in [1.807, 2.05) is 0 Å². The summed E-state index contributed by atoms with van der Waals surface area (Å²) in [5.74, 6) is -1.96. The van der Waals surface area contributed by atoms with Crippen molar-refractivity contribution in [3.8, 4) is 0 Å². The van der Waals surface area contributed by atoms with Gasteiger partial charge in [0, 0.05) is 0 Å². The van der Waals surface area contributed by atoms with Crippen molar-refractivity contribution in [3.05, 3.63) is 0 Å². The van der Waals surface area contributed by atoms with Crippen LogP contribution >= 0.6 is 0 Å². The molecule has 1 rings (SSSR count). The maximum absolute atomic E-state index is 11.1. The molecule has 17 heavy (non-hydrogen) atoms. The van der Waals surface area contributed by atoms with E-state index in [0.29, 0.717) is 18.8 Å². The molecule has 0 saturated heterocycles. The third kappa shape index (κ3) is 3.58. The Morgan fingerprint density at radius 2 is 1.41 bits per heavy atom. The van der Waals surface area contributed by atoms with Gasteiger partial charge in [-0.05, 0) is 37.0 Å². The van der Waals surface area contributed by atoms with Crippen molar-refractivity contribution in [2.75, 3.05) is 0 Å².